The smallest absolute Gasteiger partial charge is 0.275 e. The van der Waals surface area contributed by atoms with Gasteiger partial charge in [-0.1, -0.05) is 6.07 Å². The lowest BCUT2D eigenvalue weighted by Gasteiger charge is -2.29. The molecule has 4 rings (SSSR count). The number of pyridine rings is 1. The number of carbonyl (C=O) groups excluding carboxylic acids is 1. The van der Waals surface area contributed by atoms with Crippen molar-refractivity contribution in [3.05, 3.63) is 30.1 Å². The zero-order valence-corrected chi connectivity index (χ0v) is 14.7. The third-order valence-corrected chi connectivity index (χ3v) is 5.92. The van der Waals surface area contributed by atoms with Gasteiger partial charge in [0.1, 0.15) is 0 Å². The molecule has 0 radical (unpaired) electrons. The lowest BCUT2D eigenvalue weighted by Crippen LogP contribution is -2.41. The normalized spacial score (nSPS) is 19.4. The summed E-state index contributed by atoms with van der Waals surface area (Å²) in [5, 5.41) is -0.0729. The fourth-order valence-electron chi connectivity index (χ4n) is 3.39. The van der Waals surface area contributed by atoms with Crippen LogP contribution in [0, 0.1) is 5.92 Å². The van der Waals surface area contributed by atoms with Crippen LogP contribution in [0.1, 0.15) is 43.1 Å². The second-order valence-electron chi connectivity index (χ2n) is 6.99. The van der Waals surface area contributed by atoms with Crippen molar-refractivity contribution in [3.63, 3.8) is 0 Å². The Balaban J connectivity index is 1.81. The maximum absolute atomic E-state index is 13.2. The Hall–Kier alpha value is -1.89. The van der Waals surface area contributed by atoms with Crippen LogP contribution >= 0.6 is 0 Å². The first-order valence-corrected chi connectivity index (χ1v) is 10.3. The molecule has 6 nitrogen and oxygen atoms in total. The molecule has 2 aliphatic rings. The summed E-state index contributed by atoms with van der Waals surface area (Å²) in [6.07, 6.45) is 7.13. The number of fused-ring (bicyclic) bond motifs is 1. The molecule has 2 aromatic heterocycles. The number of rotatable bonds is 5. The Morgan fingerprint density at radius 2 is 2.00 bits per heavy atom. The van der Waals surface area contributed by atoms with Gasteiger partial charge in [0.2, 0.25) is 15.0 Å². The Bertz CT molecular complexity index is 910. The number of amides is 1. The fraction of sp³-hybridized carbons (Fsp3) is 0.529. The monoisotopic (exact) mass is 347 g/mol. The van der Waals surface area contributed by atoms with Gasteiger partial charge in [-0.05, 0) is 50.7 Å². The van der Waals surface area contributed by atoms with Crippen LogP contribution < -0.4 is 0 Å². The van der Waals surface area contributed by atoms with Gasteiger partial charge in [-0.2, -0.15) is 0 Å². The molecule has 0 spiro atoms. The highest BCUT2D eigenvalue weighted by Crippen LogP contribution is 2.40. The maximum Gasteiger partial charge on any atom is 0.275 e. The van der Waals surface area contributed by atoms with Crippen molar-refractivity contribution in [1.29, 1.82) is 0 Å². The average Bonchev–Trinajstić information content (AvgIpc) is 3.42. The summed E-state index contributed by atoms with van der Waals surface area (Å²) in [7, 11) is -3.52. The number of hydrogen-bond donors (Lipinski definition) is 0. The van der Waals surface area contributed by atoms with E-state index < -0.39 is 9.84 Å². The third-order valence-electron chi connectivity index (χ3n) is 4.97. The molecule has 0 bridgehead atoms. The van der Waals surface area contributed by atoms with Gasteiger partial charge in [0.25, 0.3) is 5.91 Å². The van der Waals surface area contributed by atoms with E-state index in [1.165, 1.54) is 4.40 Å². The van der Waals surface area contributed by atoms with E-state index in [1.54, 1.807) is 24.4 Å². The minimum atomic E-state index is -3.52. The van der Waals surface area contributed by atoms with E-state index in [0.29, 0.717) is 11.4 Å². The molecule has 7 heteroatoms. The van der Waals surface area contributed by atoms with Crippen LogP contribution in [0.5, 0.6) is 0 Å². The number of hydrogen-bond acceptors (Lipinski definition) is 4. The van der Waals surface area contributed by atoms with Gasteiger partial charge >= 0.3 is 0 Å². The van der Waals surface area contributed by atoms with Crippen LogP contribution in [0.3, 0.4) is 0 Å². The molecule has 2 heterocycles. The molecule has 0 saturated heterocycles. The van der Waals surface area contributed by atoms with Gasteiger partial charge in [-0.3, -0.25) is 9.20 Å². The van der Waals surface area contributed by atoms with Gasteiger partial charge in [0, 0.05) is 24.5 Å². The van der Waals surface area contributed by atoms with E-state index in [4.69, 9.17) is 0 Å². The molecule has 2 aliphatic carbocycles. The molecule has 0 N–H and O–H groups in total. The molecule has 0 aromatic carbocycles. The average molecular weight is 347 g/mol. The number of carbonyl (C=O) groups is 1. The second-order valence-corrected chi connectivity index (χ2v) is 8.90. The SMILES string of the molecule is C[C@H](C1CC1)N(C(=O)c1nc(S(C)(=O)=O)n2ccccc12)C1CC1. The van der Waals surface area contributed by atoms with Crippen molar-refractivity contribution < 1.29 is 13.2 Å². The summed E-state index contributed by atoms with van der Waals surface area (Å²) in [6, 6.07) is 5.75. The molecule has 128 valence electrons. The van der Waals surface area contributed by atoms with E-state index in [0.717, 1.165) is 31.9 Å². The Morgan fingerprint density at radius 1 is 1.29 bits per heavy atom. The third kappa shape index (κ3) is 2.60. The first kappa shape index (κ1) is 15.6. The van der Waals surface area contributed by atoms with Gasteiger partial charge in [0.15, 0.2) is 5.69 Å². The predicted octanol–water partition coefficient (Wildman–Crippen LogP) is 2.14. The maximum atomic E-state index is 13.2. The zero-order chi connectivity index (χ0) is 17.1. The predicted molar refractivity (Wildman–Crippen MR) is 89.7 cm³/mol. The molecule has 1 atom stereocenters. The number of sulfone groups is 1. The molecule has 2 saturated carbocycles. The quantitative estimate of drug-likeness (QED) is 0.831. The molecule has 2 fully saturated rings. The summed E-state index contributed by atoms with van der Waals surface area (Å²) >= 11 is 0. The highest BCUT2D eigenvalue weighted by atomic mass is 32.2. The molecular formula is C17H21N3O3S. The molecule has 24 heavy (non-hydrogen) atoms. The molecule has 0 unspecified atom stereocenters. The van der Waals surface area contributed by atoms with Crippen LogP contribution in [0.25, 0.3) is 5.52 Å². The van der Waals surface area contributed by atoms with Crippen molar-refractivity contribution in [2.75, 3.05) is 6.26 Å². The molecule has 2 aromatic rings. The largest absolute Gasteiger partial charge is 0.331 e. The van der Waals surface area contributed by atoms with Gasteiger partial charge in [-0.25, -0.2) is 13.4 Å². The summed E-state index contributed by atoms with van der Waals surface area (Å²) in [6.45, 7) is 2.10. The summed E-state index contributed by atoms with van der Waals surface area (Å²) in [4.78, 5) is 19.4. The van der Waals surface area contributed by atoms with E-state index in [2.05, 4.69) is 11.9 Å². The summed E-state index contributed by atoms with van der Waals surface area (Å²) in [5.41, 5.74) is 0.798. The second kappa shape index (κ2) is 5.31. The van der Waals surface area contributed by atoms with Gasteiger partial charge in [-0.15, -0.1) is 0 Å². The lowest BCUT2D eigenvalue weighted by molar-refractivity contribution is 0.0650. The minimum absolute atomic E-state index is 0.0729. The van der Waals surface area contributed by atoms with Crippen molar-refractivity contribution in [2.45, 2.75) is 49.8 Å². The first-order valence-electron chi connectivity index (χ1n) is 8.37. The number of aromatic nitrogens is 2. The highest BCUT2D eigenvalue weighted by molar-refractivity contribution is 7.90. The number of nitrogens with zero attached hydrogens (tertiary/aromatic N) is 3. The summed E-state index contributed by atoms with van der Waals surface area (Å²) < 4.78 is 25.6. The van der Waals surface area contributed by atoms with Crippen LogP contribution in [-0.4, -0.2) is 46.9 Å². The van der Waals surface area contributed by atoms with E-state index in [1.807, 2.05) is 4.90 Å². The fourth-order valence-corrected chi connectivity index (χ4v) is 4.17. The molecule has 0 aliphatic heterocycles. The summed E-state index contributed by atoms with van der Waals surface area (Å²) in [5.74, 6) is 0.424. The van der Waals surface area contributed by atoms with E-state index in [-0.39, 0.29) is 28.8 Å². The standard InChI is InChI=1S/C17H21N3O3S/c1-11(12-6-7-12)20(13-8-9-13)16(21)15-14-5-3-4-10-19(14)17(18-15)24(2,22)23/h3-5,10-13H,6-9H2,1-2H3/t11-/m1/s1. The van der Waals surface area contributed by atoms with Crippen molar-refractivity contribution in [2.24, 2.45) is 5.92 Å². The van der Waals surface area contributed by atoms with Crippen LogP contribution in [0.2, 0.25) is 0 Å². The van der Waals surface area contributed by atoms with Gasteiger partial charge < -0.3 is 4.90 Å². The number of imidazole rings is 1. The first-order chi connectivity index (χ1) is 11.4. The Morgan fingerprint density at radius 3 is 2.58 bits per heavy atom. The van der Waals surface area contributed by atoms with Gasteiger partial charge in [0.05, 0.1) is 5.52 Å². The zero-order valence-electron chi connectivity index (χ0n) is 13.8. The molecular weight excluding hydrogens is 326 g/mol. The van der Waals surface area contributed by atoms with Crippen LogP contribution in [0.15, 0.2) is 29.6 Å². The van der Waals surface area contributed by atoms with E-state index >= 15 is 0 Å². The van der Waals surface area contributed by atoms with E-state index in [9.17, 15) is 13.2 Å². The van der Waals surface area contributed by atoms with Crippen LogP contribution in [0.4, 0.5) is 0 Å². The Kier molecular flexibility index (Phi) is 3.46. The highest BCUT2D eigenvalue weighted by Gasteiger charge is 2.43. The topological polar surface area (TPSA) is 71.8 Å². The molecule has 1 amide bonds. The van der Waals surface area contributed by atoms with Crippen molar-refractivity contribution in [3.8, 4) is 0 Å². The van der Waals surface area contributed by atoms with Crippen LogP contribution in [-0.2, 0) is 9.84 Å². The minimum Gasteiger partial charge on any atom is -0.331 e. The Labute approximate surface area is 141 Å². The van der Waals surface area contributed by atoms with Crippen molar-refractivity contribution >= 4 is 21.3 Å². The lowest BCUT2D eigenvalue weighted by atomic mass is 10.1. The van der Waals surface area contributed by atoms with Crippen molar-refractivity contribution in [1.82, 2.24) is 14.3 Å².